The quantitative estimate of drug-likeness (QED) is 0.637. The number of nitrogens with zero attached hydrogens (tertiary/aromatic N) is 2. The minimum absolute atomic E-state index is 0.195. The second-order valence-corrected chi connectivity index (χ2v) is 7.36. The average molecular weight is 377 g/mol. The number of likely N-dealkylation sites (tertiary alicyclic amines) is 1. The minimum Gasteiger partial charge on any atom is -0.399 e. The number of hydrogen-bond donors (Lipinski definition) is 0. The lowest BCUT2D eigenvalue weighted by atomic mass is 9.80. The summed E-state index contributed by atoms with van der Waals surface area (Å²) in [6.07, 6.45) is 0.831. The van der Waals surface area contributed by atoms with Gasteiger partial charge in [0.25, 0.3) is 0 Å². The summed E-state index contributed by atoms with van der Waals surface area (Å²) >= 11 is 12.1. The third-order valence-corrected chi connectivity index (χ3v) is 5.51. The first kappa shape index (κ1) is 18.2. The highest BCUT2D eigenvalue weighted by Crippen LogP contribution is 2.42. The van der Waals surface area contributed by atoms with Crippen molar-refractivity contribution in [1.29, 1.82) is 0 Å². The summed E-state index contributed by atoms with van der Waals surface area (Å²) in [4.78, 5) is 7.53. The molecule has 2 aromatic carbocycles. The molecule has 1 heterocycles. The van der Waals surface area contributed by atoms with Crippen LogP contribution in [0.1, 0.15) is 36.6 Å². The van der Waals surface area contributed by atoms with E-state index in [9.17, 15) is 0 Å². The third-order valence-electron chi connectivity index (χ3n) is 5.01. The Hall–Kier alpha value is -1.55. The maximum atomic E-state index is 6.07. The molecule has 5 heteroatoms. The zero-order valence-corrected chi connectivity index (χ0v) is 16.1. The Morgan fingerprint density at radius 2 is 1.48 bits per heavy atom. The van der Waals surface area contributed by atoms with E-state index < -0.39 is 0 Å². The van der Waals surface area contributed by atoms with Gasteiger partial charge >= 0.3 is 0 Å². The molecule has 25 heavy (non-hydrogen) atoms. The molecule has 1 aliphatic heterocycles. The molecule has 1 fully saturated rings. The van der Waals surface area contributed by atoms with Gasteiger partial charge in [-0.15, -0.1) is 0 Å². The second kappa shape index (κ2) is 7.77. The summed E-state index contributed by atoms with van der Waals surface area (Å²) in [5, 5.41) is 5.81. The average Bonchev–Trinajstić information content (AvgIpc) is 2.60. The Kier molecular flexibility index (Phi) is 5.67. The lowest BCUT2D eigenvalue weighted by molar-refractivity contribution is 0.123. The predicted octanol–water partition coefficient (Wildman–Crippen LogP) is 5.75. The normalized spacial score (nSPS) is 26.0. The first-order valence-corrected chi connectivity index (χ1v) is 9.09. The van der Waals surface area contributed by atoms with Crippen molar-refractivity contribution in [3.05, 3.63) is 69.7 Å². The first-order chi connectivity index (χ1) is 12.0. The molecule has 1 saturated heterocycles. The molecule has 132 valence electrons. The lowest BCUT2D eigenvalue weighted by Crippen LogP contribution is -2.42. The molecule has 3 rings (SSSR count). The third kappa shape index (κ3) is 3.84. The molecule has 0 saturated carbocycles. The van der Waals surface area contributed by atoms with Gasteiger partial charge in [-0.05, 0) is 42.4 Å². The number of rotatable bonds is 3. The van der Waals surface area contributed by atoms with Crippen molar-refractivity contribution in [3.8, 4) is 0 Å². The molecular formula is C20H22Cl2N2O. The van der Waals surface area contributed by atoms with Gasteiger partial charge in [-0.25, -0.2) is 0 Å². The number of hydrogen-bond acceptors (Lipinski definition) is 3. The Balaban J connectivity index is 2.01. The number of piperidine rings is 1. The van der Waals surface area contributed by atoms with Crippen molar-refractivity contribution in [2.45, 2.75) is 25.4 Å². The Bertz CT molecular complexity index is 743. The van der Waals surface area contributed by atoms with Crippen LogP contribution in [-0.2, 0) is 4.84 Å². The maximum absolute atomic E-state index is 6.07. The molecule has 3 nitrogen and oxygen atoms in total. The fourth-order valence-electron chi connectivity index (χ4n) is 3.72. The molecule has 0 unspecified atom stereocenters. The summed E-state index contributed by atoms with van der Waals surface area (Å²) in [5.74, 6) is 0.245. The van der Waals surface area contributed by atoms with Crippen molar-refractivity contribution in [2.75, 3.05) is 14.2 Å². The summed E-state index contributed by atoms with van der Waals surface area (Å²) in [6.45, 7) is 2.20. The van der Waals surface area contributed by atoms with E-state index in [1.165, 1.54) is 11.1 Å². The molecule has 0 spiro atoms. The maximum Gasteiger partial charge on any atom is 0.106 e. The van der Waals surface area contributed by atoms with Crippen LogP contribution in [0.15, 0.2) is 53.7 Å². The molecule has 0 N–H and O–H groups in total. The van der Waals surface area contributed by atoms with Gasteiger partial charge in [0.1, 0.15) is 7.11 Å². The summed E-state index contributed by atoms with van der Waals surface area (Å²) in [7, 11) is 3.77. The van der Waals surface area contributed by atoms with Gasteiger partial charge in [0.15, 0.2) is 0 Å². The van der Waals surface area contributed by atoms with E-state index in [2.05, 4.69) is 48.3 Å². The van der Waals surface area contributed by atoms with Gasteiger partial charge in [0, 0.05) is 34.5 Å². The van der Waals surface area contributed by atoms with E-state index >= 15 is 0 Å². The Morgan fingerprint density at radius 1 is 0.960 bits per heavy atom. The van der Waals surface area contributed by atoms with Crippen LogP contribution in [0.4, 0.5) is 0 Å². The standard InChI is InChI=1S/C20H22Cl2N2O/c1-13-18(23-25-3)12-19(14-4-8-16(21)9-5-14)24(2)20(13)15-6-10-17(22)11-7-15/h4-11,13,19-20H,12H2,1-3H3/b23-18+/t13-,19+,20-/m1/s1. The van der Waals surface area contributed by atoms with Crippen molar-refractivity contribution < 1.29 is 4.84 Å². The molecule has 0 radical (unpaired) electrons. The van der Waals surface area contributed by atoms with Crippen LogP contribution in [0.2, 0.25) is 10.0 Å². The lowest BCUT2D eigenvalue weighted by Gasteiger charge is -2.44. The highest BCUT2D eigenvalue weighted by molar-refractivity contribution is 6.30. The molecule has 0 aliphatic carbocycles. The zero-order valence-electron chi connectivity index (χ0n) is 14.6. The zero-order chi connectivity index (χ0) is 18.0. The van der Waals surface area contributed by atoms with Crippen LogP contribution < -0.4 is 0 Å². The highest BCUT2D eigenvalue weighted by atomic mass is 35.5. The molecule has 2 aromatic rings. The molecule has 0 amide bonds. The van der Waals surface area contributed by atoms with Crippen molar-refractivity contribution in [3.63, 3.8) is 0 Å². The number of oxime groups is 1. The van der Waals surface area contributed by atoms with E-state index in [0.717, 1.165) is 22.2 Å². The van der Waals surface area contributed by atoms with Gasteiger partial charge in [-0.3, -0.25) is 4.90 Å². The number of benzene rings is 2. The summed E-state index contributed by atoms with van der Waals surface area (Å²) in [6, 6.07) is 16.5. The van der Waals surface area contributed by atoms with Crippen LogP contribution in [-0.4, -0.2) is 24.8 Å². The van der Waals surface area contributed by atoms with Crippen LogP contribution in [0.25, 0.3) is 0 Å². The smallest absolute Gasteiger partial charge is 0.106 e. The first-order valence-electron chi connectivity index (χ1n) is 8.34. The van der Waals surface area contributed by atoms with Crippen LogP contribution >= 0.6 is 23.2 Å². The van der Waals surface area contributed by atoms with Crippen LogP contribution in [0.3, 0.4) is 0 Å². The largest absolute Gasteiger partial charge is 0.399 e. The summed E-state index contributed by atoms with van der Waals surface area (Å²) in [5.41, 5.74) is 3.52. The molecule has 3 atom stereocenters. The fraction of sp³-hybridized carbons (Fsp3) is 0.350. The van der Waals surface area contributed by atoms with Gasteiger partial charge in [-0.1, -0.05) is 59.5 Å². The Morgan fingerprint density at radius 3 is 2.00 bits per heavy atom. The van der Waals surface area contributed by atoms with E-state index in [4.69, 9.17) is 28.0 Å². The second-order valence-electron chi connectivity index (χ2n) is 6.49. The highest BCUT2D eigenvalue weighted by Gasteiger charge is 2.38. The van der Waals surface area contributed by atoms with Crippen LogP contribution in [0.5, 0.6) is 0 Å². The summed E-state index contributed by atoms with van der Waals surface area (Å²) < 4.78 is 0. The fourth-order valence-corrected chi connectivity index (χ4v) is 3.97. The van der Waals surface area contributed by atoms with Crippen molar-refractivity contribution in [1.82, 2.24) is 4.90 Å². The molecule has 0 aromatic heterocycles. The van der Waals surface area contributed by atoms with E-state index in [-0.39, 0.29) is 18.0 Å². The molecular weight excluding hydrogens is 355 g/mol. The van der Waals surface area contributed by atoms with Gasteiger partial charge < -0.3 is 4.84 Å². The van der Waals surface area contributed by atoms with Gasteiger partial charge in [0.05, 0.1) is 5.71 Å². The molecule has 1 aliphatic rings. The van der Waals surface area contributed by atoms with E-state index in [1.54, 1.807) is 7.11 Å². The van der Waals surface area contributed by atoms with Crippen molar-refractivity contribution >= 4 is 28.9 Å². The van der Waals surface area contributed by atoms with E-state index in [1.807, 2.05) is 24.3 Å². The predicted molar refractivity (Wildman–Crippen MR) is 104 cm³/mol. The van der Waals surface area contributed by atoms with Crippen molar-refractivity contribution in [2.24, 2.45) is 11.1 Å². The number of halogens is 2. The van der Waals surface area contributed by atoms with E-state index in [0.29, 0.717) is 0 Å². The Labute approximate surface area is 159 Å². The minimum atomic E-state index is 0.195. The topological polar surface area (TPSA) is 24.8 Å². The van der Waals surface area contributed by atoms with Crippen LogP contribution in [0, 0.1) is 5.92 Å². The SMILES string of the molecule is CO/N=C1\C[C@@H](c2ccc(Cl)cc2)N(C)[C@@H](c2ccc(Cl)cc2)[C@@H]1C. The van der Waals surface area contributed by atoms with Gasteiger partial charge in [-0.2, -0.15) is 0 Å². The molecule has 0 bridgehead atoms. The van der Waals surface area contributed by atoms with Gasteiger partial charge in [0.2, 0.25) is 0 Å². The monoisotopic (exact) mass is 376 g/mol.